The molecule has 0 aliphatic carbocycles. The van der Waals surface area contributed by atoms with E-state index in [1.54, 1.807) is 6.20 Å². The molecule has 1 saturated heterocycles. The van der Waals surface area contributed by atoms with Crippen molar-refractivity contribution in [3.05, 3.63) is 83.7 Å². The Labute approximate surface area is 209 Å². The van der Waals surface area contributed by atoms with E-state index in [0.717, 1.165) is 58.9 Å². The lowest BCUT2D eigenvalue weighted by atomic mass is 10.0. The average molecular weight is 481 g/mol. The van der Waals surface area contributed by atoms with Crippen LogP contribution in [0.15, 0.2) is 67.0 Å². The van der Waals surface area contributed by atoms with Crippen molar-refractivity contribution in [2.75, 3.05) is 32.5 Å². The number of imidazole rings is 1. The Morgan fingerprint density at radius 3 is 2.72 bits per heavy atom. The van der Waals surface area contributed by atoms with Gasteiger partial charge in [0.25, 0.3) is 11.8 Å². The molecule has 2 aromatic heterocycles. The van der Waals surface area contributed by atoms with Crippen LogP contribution in [0.5, 0.6) is 0 Å². The molecule has 8 heteroatoms. The molecule has 1 atom stereocenters. The summed E-state index contributed by atoms with van der Waals surface area (Å²) in [6.07, 6.45) is 4.72. The maximum Gasteiger partial charge on any atom is 0.253 e. The minimum atomic E-state index is -0.0187. The average Bonchev–Trinajstić information content (AvgIpc) is 3.65. The summed E-state index contributed by atoms with van der Waals surface area (Å²) in [5, 5.41) is 6.32. The summed E-state index contributed by atoms with van der Waals surface area (Å²) in [4.78, 5) is 33.5. The monoisotopic (exact) mass is 480 g/mol. The standard InChI is InChI=1S/C28H28N6O2/c1-32(2)22-11-13-33(17-22)28(36)18-3-6-21(7-4-18)31-24-9-10-25(34-14-12-29-26(24)34)19-5-8-23-20(15-19)16-30-27(23)35/h3-10,12,14-15,22,31H,11,13,16-17H2,1-2H3,(H,30,35). The van der Waals surface area contributed by atoms with E-state index < -0.39 is 0 Å². The number of fused-ring (bicyclic) bond motifs is 2. The van der Waals surface area contributed by atoms with E-state index in [1.807, 2.05) is 58.0 Å². The largest absolute Gasteiger partial charge is 0.352 e. The Hall–Kier alpha value is -4.17. The third-order valence-electron chi connectivity index (χ3n) is 7.23. The minimum absolute atomic E-state index is 0.0187. The van der Waals surface area contributed by atoms with Crippen LogP contribution >= 0.6 is 0 Å². The van der Waals surface area contributed by atoms with Gasteiger partial charge in [0, 0.05) is 54.9 Å². The number of amides is 2. The minimum Gasteiger partial charge on any atom is -0.352 e. The molecule has 1 fully saturated rings. The molecular formula is C28H28N6O2. The summed E-state index contributed by atoms with van der Waals surface area (Å²) in [5.41, 5.74) is 7.03. The van der Waals surface area contributed by atoms with Gasteiger partial charge in [-0.15, -0.1) is 0 Å². The normalized spacial score (nSPS) is 17.0. The van der Waals surface area contributed by atoms with Crippen molar-refractivity contribution < 1.29 is 9.59 Å². The van der Waals surface area contributed by atoms with Gasteiger partial charge in [-0.25, -0.2) is 4.98 Å². The van der Waals surface area contributed by atoms with E-state index in [2.05, 4.69) is 46.7 Å². The zero-order valence-electron chi connectivity index (χ0n) is 20.4. The molecule has 2 aliphatic heterocycles. The molecule has 1 unspecified atom stereocenters. The van der Waals surface area contributed by atoms with Gasteiger partial charge in [-0.1, -0.05) is 6.07 Å². The number of likely N-dealkylation sites (N-methyl/N-ethyl adjacent to an activating group) is 1. The molecule has 0 radical (unpaired) electrons. The van der Waals surface area contributed by atoms with Gasteiger partial charge in [0.15, 0.2) is 5.65 Å². The van der Waals surface area contributed by atoms with Gasteiger partial charge >= 0.3 is 0 Å². The molecule has 2 aliphatic rings. The molecule has 0 saturated carbocycles. The molecule has 2 aromatic carbocycles. The van der Waals surface area contributed by atoms with Crippen LogP contribution in [0.3, 0.4) is 0 Å². The van der Waals surface area contributed by atoms with Crippen molar-refractivity contribution in [1.29, 1.82) is 0 Å². The number of likely N-dealkylation sites (tertiary alicyclic amines) is 1. The maximum atomic E-state index is 12.9. The van der Waals surface area contributed by atoms with Crippen LogP contribution in [0.2, 0.25) is 0 Å². The molecular weight excluding hydrogens is 452 g/mol. The van der Waals surface area contributed by atoms with Crippen LogP contribution in [-0.4, -0.2) is 64.2 Å². The second-order valence-corrected chi connectivity index (χ2v) is 9.67. The van der Waals surface area contributed by atoms with Crippen molar-refractivity contribution in [2.24, 2.45) is 0 Å². The molecule has 6 rings (SSSR count). The number of pyridine rings is 1. The Bertz CT molecular complexity index is 1470. The smallest absolute Gasteiger partial charge is 0.253 e. The van der Waals surface area contributed by atoms with Gasteiger partial charge in [0.05, 0.1) is 11.4 Å². The van der Waals surface area contributed by atoms with Gasteiger partial charge in [-0.3, -0.25) is 14.0 Å². The first-order chi connectivity index (χ1) is 17.5. The summed E-state index contributed by atoms with van der Waals surface area (Å²) in [7, 11) is 4.13. The molecule has 8 nitrogen and oxygen atoms in total. The van der Waals surface area contributed by atoms with E-state index in [9.17, 15) is 9.59 Å². The Morgan fingerprint density at radius 1 is 1.11 bits per heavy atom. The lowest BCUT2D eigenvalue weighted by molar-refractivity contribution is 0.0783. The molecule has 4 aromatic rings. The topological polar surface area (TPSA) is 82.0 Å². The van der Waals surface area contributed by atoms with Crippen molar-refractivity contribution in [1.82, 2.24) is 24.5 Å². The summed E-state index contributed by atoms with van der Waals surface area (Å²) in [6.45, 7) is 2.12. The molecule has 182 valence electrons. The quantitative estimate of drug-likeness (QED) is 0.455. The molecule has 4 heterocycles. The number of anilines is 2. The van der Waals surface area contributed by atoms with Crippen LogP contribution in [-0.2, 0) is 6.54 Å². The van der Waals surface area contributed by atoms with Gasteiger partial charge < -0.3 is 20.4 Å². The fraction of sp³-hybridized carbons (Fsp3) is 0.250. The number of rotatable bonds is 5. The number of hydrogen-bond acceptors (Lipinski definition) is 5. The summed E-state index contributed by atoms with van der Waals surface area (Å²) >= 11 is 0. The fourth-order valence-electron chi connectivity index (χ4n) is 5.12. The lowest BCUT2D eigenvalue weighted by Crippen LogP contribution is -2.34. The van der Waals surface area contributed by atoms with E-state index in [0.29, 0.717) is 18.2 Å². The number of nitrogens with one attached hydrogen (secondary N) is 2. The summed E-state index contributed by atoms with van der Waals surface area (Å²) < 4.78 is 2.04. The zero-order chi connectivity index (χ0) is 24.8. The zero-order valence-corrected chi connectivity index (χ0v) is 20.4. The van der Waals surface area contributed by atoms with Gasteiger partial charge in [0.2, 0.25) is 0 Å². The number of aromatic nitrogens is 2. The van der Waals surface area contributed by atoms with Crippen molar-refractivity contribution in [3.8, 4) is 11.3 Å². The lowest BCUT2D eigenvalue weighted by Gasteiger charge is -2.20. The van der Waals surface area contributed by atoms with Crippen molar-refractivity contribution >= 4 is 28.8 Å². The van der Waals surface area contributed by atoms with E-state index in [1.165, 1.54) is 0 Å². The second-order valence-electron chi connectivity index (χ2n) is 9.67. The van der Waals surface area contributed by atoms with Gasteiger partial charge in [-0.05, 0) is 80.2 Å². The van der Waals surface area contributed by atoms with Crippen molar-refractivity contribution in [3.63, 3.8) is 0 Å². The first kappa shape index (κ1) is 22.3. The first-order valence-electron chi connectivity index (χ1n) is 12.2. The number of hydrogen-bond donors (Lipinski definition) is 2. The number of benzene rings is 2. The maximum absolute atomic E-state index is 12.9. The van der Waals surface area contributed by atoms with Gasteiger partial charge in [0.1, 0.15) is 0 Å². The molecule has 0 spiro atoms. The SMILES string of the molecule is CN(C)C1CCN(C(=O)c2ccc(Nc3ccc(-c4ccc5c(c4)CNC5=O)n4ccnc34)cc2)C1. The Morgan fingerprint density at radius 2 is 1.94 bits per heavy atom. The van der Waals surface area contributed by atoms with E-state index in [-0.39, 0.29) is 11.8 Å². The van der Waals surface area contributed by atoms with Crippen LogP contribution in [0, 0.1) is 0 Å². The third-order valence-corrected chi connectivity index (χ3v) is 7.23. The molecule has 2 amide bonds. The second kappa shape index (κ2) is 8.80. The fourth-order valence-corrected chi connectivity index (χ4v) is 5.12. The first-order valence-corrected chi connectivity index (χ1v) is 12.2. The number of carbonyl (C=O) groups is 2. The molecule has 0 bridgehead atoms. The van der Waals surface area contributed by atoms with Crippen LogP contribution in [0.4, 0.5) is 11.4 Å². The van der Waals surface area contributed by atoms with Crippen LogP contribution < -0.4 is 10.6 Å². The van der Waals surface area contributed by atoms with Gasteiger partial charge in [-0.2, -0.15) is 0 Å². The van der Waals surface area contributed by atoms with Crippen LogP contribution in [0.25, 0.3) is 16.9 Å². The van der Waals surface area contributed by atoms with Crippen LogP contribution in [0.1, 0.15) is 32.7 Å². The molecule has 2 N–H and O–H groups in total. The van der Waals surface area contributed by atoms with Crippen molar-refractivity contribution in [2.45, 2.75) is 19.0 Å². The predicted molar refractivity (Wildman–Crippen MR) is 140 cm³/mol. The highest BCUT2D eigenvalue weighted by atomic mass is 16.2. The Kier molecular flexibility index (Phi) is 5.45. The van der Waals surface area contributed by atoms with E-state index >= 15 is 0 Å². The summed E-state index contributed by atoms with van der Waals surface area (Å²) in [5.74, 6) is 0.0620. The third kappa shape index (κ3) is 3.89. The highest BCUT2D eigenvalue weighted by molar-refractivity contribution is 5.99. The Balaban J connectivity index is 1.22. The predicted octanol–water partition coefficient (Wildman–Crippen LogP) is 3.76. The summed E-state index contributed by atoms with van der Waals surface area (Å²) in [6, 6.07) is 18.0. The molecule has 36 heavy (non-hydrogen) atoms. The number of carbonyl (C=O) groups excluding carboxylic acids is 2. The van der Waals surface area contributed by atoms with E-state index in [4.69, 9.17) is 0 Å². The highest BCUT2D eigenvalue weighted by Gasteiger charge is 2.28. The highest BCUT2D eigenvalue weighted by Crippen LogP contribution is 2.30. The number of nitrogens with zero attached hydrogens (tertiary/aromatic N) is 4.